The molecule has 0 saturated carbocycles. The number of thiophene rings is 1. The zero-order valence-electron chi connectivity index (χ0n) is 16.3. The van der Waals surface area contributed by atoms with Crippen molar-refractivity contribution in [3.05, 3.63) is 86.8 Å². The van der Waals surface area contributed by atoms with Crippen molar-refractivity contribution in [3.8, 4) is 5.69 Å². The van der Waals surface area contributed by atoms with E-state index in [1.807, 2.05) is 43.3 Å². The van der Waals surface area contributed by atoms with Crippen molar-refractivity contribution in [1.29, 1.82) is 0 Å². The van der Waals surface area contributed by atoms with Gasteiger partial charge >= 0.3 is 0 Å². The highest BCUT2D eigenvalue weighted by molar-refractivity contribution is 7.98. The first-order valence-corrected chi connectivity index (χ1v) is 11.4. The number of fused-ring (bicyclic) bond motifs is 1. The minimum atomic E-state index is -0.244. The third kappa shape index (κ3) is 3.87. The maximum Gasteiger partial charge on any atom is 0.267 e. The second kappa shape index (κ2) is 8.51. The van der Waals surface area contributed by atoms with Gasteiger partial charge in [0.15, 0.2) is 5.16 Å². The fourth-order valence-electron chi connectivity index (χ4n) is 3.34. The molecule has 2 heterocycles. The topological polar surface area (TPSA) is 34.9 Å². The number of halogens is 1. The molecule has 0 aliphatic heterocycles. The first-order valence-electron chi connectivity index (χ1n) is 9.56. The monoisotopic (exact) mass is 424 g/mol. The van der Waals surface area contributed by atoms with E-state index < -0.39 is 0 Å². The van der Waals surface area contributed by atoms with Crippen LogP contribution in [0.5, 0.6) is 0 Å². The maximum atomic E-state index is 14.1. The van der Waals surface area contributed by atoms with Crippen molar-refractivity contribution in [2.45, 2.75) is 37.6 Å². The van der Waals surface area contributed by atoms with Crippen LogP contribution in [0.4, 0.5) is 4.39 Å². The number of nitrogens with zero attached hydrogens (tertiary/aromatic N) is 2. The summed E-state index contributed by atoms with van der Waals surface area (Å²) in [6.07, 6.45) is 1.96. The summed E-state index contributed by atoms with van der Waals surface area (Å²) in [5.41, 5.74) is 2.33. The number of hydrogen-bond donors (Lipinski definition) is 0. The van der Waals surface area contributed by atoms with Crippen LogP contribution < -0.4 is 5.56 Å². The van der Waals surface area contributed by atoms with Gasteiger partial charge in [0, 0.05) is 10.6 Å². The lowest BCUT2D eigenvalue weighted by atomic mass is 10.1. The van der Waals surface area contributed by atoms with Crippen LogP contribution in [0.15, 0.2) is 64.5 Å². The number of thioether (sulfide) groups is 1. The van der Waals surface area contributed by atoms with Crippen LogP contribution in [-0.2, 0) is 12.2 Å². The van der Waals surface area contributed by atoms with Gasteiger partial charge in [0.25, 0.3) is 5.56 Å². The van der Waals surface area contributed by atoms with E-state index in [1.54, 1.807) is 28.0 Å². The third-order valence-corrected chi connectivity index (χ3v) is 7.07. The van der Waals surface area contributed by atoms with Gasteiger partial charge in [-0.2, -0.15) is 0 Å². The quantitative estimate of drug-likeness (QED) is 0.275. The summed E-state index contributed by atoms with van der Waals surface area (Å²) >= 11 is 2.98. The number of hydrogen-bond acceptors (Lipinski definition) is 4. The van der Waals surface area contributed by atoms with Crippen LogP contribution in [0.2, 0.25) is 0 Å². The Balaban J connectivity index is 1.87. The number of aryl methyl sites for hydroxylation is 2. The molecule has 0 aliphatic rings. The molecule has 0 fully saturated rings. The molecule has 6 heteroatoms. The first-order chi connectivity index (χ1) is 14.1. The predicted molar refractivity (Wildman–Crippen MR) is 120 cm³/mol. The molecule has 0 bridgehead atoms. The highest BCUT2D eigenvalue weighted by Crippen LogP contribution is 2.32. The first kappa shape index (κ1) is 19.9. The van der Waals surface area contributed by atoms with Gasteiger partial charge in [-0.15, -0.1) is 11.3 Å². The third-order valence-electron chi connectivity index (χ3n) is 4.84. The van der Waals surface area contributed by atoms with E-state index in [4.69, 9.17) is 4.98 Å². The van der Waals surface area contributed by atoms with E-state index in [0.717, 1.165) is 28.9 Å². The lowest BCUT2D eigenvalue weighted by molar-refractivity contribution is 0.617. The van der Waals surface area contributed by atoms with Gasteiger partial charge in [-0.05, 0) is 42.7 Å². The van der Waals surface area contributed by atoms with Gasteiger partial charge in [0.2, 0.25) is 0 Å². The molecule has 0 spiro atoms. The van der Waals surface area contributed by atoms with Crippen molar-refractivity contribution in [2.75, 3.05) is 0 Å². The Morgan fingerprint density at radius 1 is 1.10 bits per heavy atom. The SMILES string of the molecule is CCCc1sc2nc(SCc3ccccc3F)n(-c3ccccc3)c(=O)c2c1C. The second-order valence-corrected chi connectivity index (χ2v) is 8.86. The van der Waals surface area contributed by atoms with Crippen molar-refractivity contribution in [1.82, 2.24) is 9.55 Å². The summed E-state index contributed by atoms with van der Waals surface area (Å²) in [5.74, 6) is 0.163. The fraction of sp³-hybridized carbons (Fsp3) is 0.217. The van der Waals surface area contributed by atoms with E-state index in [-0.39, 0.29) is 11.4 Å². The minimum Gasteiger partial charge on any atom is -0.268 e. The molecule has 2 aromatic heterocycles. The summed E-state index contributed by atoms with van der Waals surface area (Å²) < 4.78 is 15.7. The number of aromatic nitrogens is 2. The van der Waals surface area contributed by atoms with Crippen LogP contribution >= 0.6 is 23.1 Å². The Morgan fingerprint density at radius 3 is 2.55 bits per heavy atom. The van der Waals surface area contributed by atoms with Crippen molar-refractivity contribution in [3.63, 3.8) is 0 Å². The van der Waals surface area contributed by atoms with Crippen LogP contribution in [-0.4, -0.2) is 9.55 Å². The maximum absolute atomic E-state index is 14.1. The normalized spacial score (nSPS) is 11.3. The molecule has 3 nitrogen and oxygen atoms in total. The summed E-state index contributed by atoms with van der Waals surface area (Å²) in [7, 11) is 0. The van der Waals surface area contributed by atoms with Crippen molar-refractivity contribution < 1.29 is 4.39 Å². The van der Waals surface area contributed by atoms with E-state index >= 15 is 0 Å². The molecule has 0 radical (unpaired) electrons. The standard InChI is InChI=1S/C23H21FN2OS2/c1-3-9-19-15(2)20-21(29-19)25-23(28-14-16-10-7-8-13-18(16)24)26(22(20)27)17-11-5-4-6-12-17/h4-8,10-13H,3,9,14H2,1-2H3. The highest BCUT2D eigenvalue weighted by Gasteiger charge is 2.19. The molecular formula is C23H21FN2OS2. The molecule has 4 aromatic rings. The molecule has 0 aliphatic carbocycles. The molecule has 29 heavy (non-hydrogen) atoms. The average molecular weight is 425 g/mol. The molecule has 0 saturated heterocycles. The molecule has 148 valence electrons. The van der Waals surface area contributed by atoms with Gasteiger partial charge < -0.3 is 0 Å². The molecule has 4 rings (SSSR count). The van der Waals surface area contributed by atoms with E-state index in [0.29, 0.717) is 21.9 Å². The van der Waals surface area contributed by atoms with Gasteiger partial charge in [0.05, 0.1) is 11.1 Å². The predicted octanol–water partition coefficient (Wildman–Crippen LogP) is 6.14. The summed E-state index contributed by atoms with van der Waals surface area (Å²) in [6.45, 7) is 4.14. The number of rotatable bonds is 6. The van der Waals surface area contributed by atoms with Crippen LogP contribution in [0.25, 0.3) is 15.9 Å². The fourth-order valence-corrected chi connectivity index (χ4v) is 5.65. The zero-order valence-corrected chi connectivity index (χ0v) is 17.9. The Kier molecular flexibility index (Phi) is 5.83. The Labute approximate surface area is 177 Å². The molecule has 0 N–H and O–H groups in total. The highest BCUT2D eigenvalue weighted by atomic mass is 32.2. The average Bonchev–Trinajstić information content (AvgIpc) is 3.04. The van der Waals surface area contributed by atoms with Crippen LogP contribution in [0.1, 0.15) is 29.3 Å². The lowest BCUT2D eigenvalue weighted by Crippen LogP contribution is -2.21. The summed E-state index contributed by atoms with van der Waals surface area (Å²) in [4.78, 5) is 20.3. The zero-order chi connectivity index (χ0) is 20.4. The van der Waals surface area contributed by atoms with E-state index in [1.165, 1.54) is 22.7 Å². The molecule has 0 atom stereocenters. The summed E-state index contributed by atoms with van der Waals surface area (Å²) in [5, 5.41) is 1.28. The Hall–Kier alpha value is -2.44. The molecule has 0 unspecified atom stereocenters. The van der Waals surface area contributed by atoms with Crippen molar-refractivity contribution >= 4 is 33.3 Å². The van der Waals surface area contributed by atoms with Gasteiger partial charge in [0.1, 0.15) is 10.6 Å². The number of para-hydroxylation sites is 1. The minimum absolute atomic E-state index is 0.0617. The van der Waals surface area contributed by atoms with Gasteiger partial charge in [-0.1, -0.05) is 61.5 Å². The largest absolute Gasteiger partial charge is 0.268 e. The second-order valence-electron chi connectivity index (χ2n) is 6.83. The molecular weight excluding hydrogens is 403 g/mol. The Bertz CT molecular complexity index is 1220. The van der Waals surface area contributed by atoms with E-state index in [2.05, 4.69) is 6.92 Å². The molecule has 0 amide bonds. The van der Waals surface area contributed by atoms with Gasteiger partial charge in [-0.3, -0.25) is 9.36 Å². The van der Waals surface area contributed by atoms with Crippen LogP contribution in [0, 0.1) is 12.7 Å². The number of benzene rings is 2. The van der Waals surface area contributed by atoms with Gasteiger partial charge in [-0.25, -0.2) is 9.37 Å². The van der Waals surface area contributed by atoms with Crippen molar-refractivity contribution in [2.24, 2.45) is 0 Å². The Morgan fingerprint density at radius 2 is 1.83 bits per heavy atom. The smallest absolute Gasteiger partial charge is 0.267 e. The lowest BCUT2D eigenvalue weighted by Gasteiger charge is -2.12. The van der Waals surface area contributed by atoms with E-state index in [9.17, 15) is 9.18 Å². The molecule has 2 aromatic carbocycles. The van der Waals surface area contributed by atoms with Crippen LogP contribution in [0.3, 0.4) is 0 Å². The summed E-state index contributed by atoms with van der Waals surface area (Å²) in [6, 6.07) is 16.2.